The van der Waals surface area contributed by atoms with Gasteiger partial charge in [-0.3, -0.25) is 14.8 Å². The molecule has 1 atom stereocenters. The predicted octanol–water partition coefficient (Wildman–Crippen LogP) is 2.93. The van der Waals surface area contributed by atoms with Crippen LogP contribution < -0.4 is 15.8 Å². The molecule has 0 bridgehead atoms. The number of aromatic nitrogens is 1. The summed E-state index contributed by atoms with van der Waals surface area (Å²) in [6, 6.07) is 16.6. The Hall–Kier alpha value is -3.50. The number of aryl methyl sites for hydroxylation is 1. The van der Waals surface area contributed by atoms with Gasteiger partial charge in [0.15, 0.2) is 14.6 Å². The van der Waals surface area contributed by atoms with E-state index in [0.717, 1.165) is 11.8 Å². The average molecular weight is 489 g/mol. The topological polar surface area (TPSA) is 115 Å². The van der Waals surface area contributed by atoms with E-state index in [-0.39, 0.29) is 25.1 Å². The number of nitrogens with one attached hydrogen (secondary N) is 1. The van der Waals surface area contributed by atoms with Crippen molar-refractivity contribution < 1.29 is 27.5 Å². The first-order valence-corrected chi connectivity index (χ1v) is 12.3. The zero-order chi connectivity index (χ0) is 24.9. The highest BCUT2D eigenvalue weighted by molar-refractivity contribution is 7.92. The van der Waals surface area contributed by atoms with Gasteiger partial charge in [0.05, 0.1) is 0 Å². The number of pyridine rings is 1. The van der Waals surface area contributed by atoms with Crippen LogP contribution in [0.25, 0.3) is 11.1 Å². The standard InChI is InChI=1S/C24H25FN2O6S/c1-24(23(29)26-30,34(2,31)32)11-13-27-12-10-18(14-22(27)28)20-9-8-19(15-21(20)25)33-16-17-6-4-3-5-7-17/h3-10,12,14-15,30H,11,13,16H2,1-2H3,(H,26,29)/t24-/m0/s1. The molecule has 0 aliphatic carbocycles. The lowest BCUT2D eigenvalue weighted by Crippen LogP contribution is -2.49. The van der Waals surface area contributed by atoms with Gasteiger partial charge in [0.25, 0.3) is 11.5 Å². The normalized spacial score (nSPS) is 13.2. The lowest BCUT2D eigenvalue weighted by atomic mass is 10.1. The second kappa shape index (κ2) is 10.2. The molecule has 34 heavy (non-hydrogen) atoms. The maximum absolute atomic E-state index is 14.7. The third-order valence-corrected chi connectivity index (χ3v) is 7.75. The summed E-state index contributed by atoms with van der Waals surface area (Å²) in [6.45, 7) is 1.35. The van der Waals surface area contributed by atoms with E-state index in [0.29, 0.717) is 11.3 Å². The molecule has 2 N–H and O–H groups in total. The summed E-state index contributed by atoms with van der Waals surface area (Å²) in [4.78, 5) is 24.5. The maximum Gasteiger partial charge on any atom is 0.264 e. The van der Waals surface area contributed by atoms with E-state index in [2.05, 4.69) is 0 Å². The fraction of sp³-hybridized carbons (Fsp3) is 0.250. The Labute approximate surface area is 196 Å². The summed E-state index contributed by atoms with van der Waals surface area (Å²) in [5.41, 5.74) is 2.36. The summed E-state index contributed by atoms with van der Waals surface area (Å²) in [5, 5.41) is 8.91. The first-order chi connectivity index (χ1) is 16.0. The number of benzene rings is 2. The van der Waals surface area contributed by atoms with E-state index >= 15 is 0 Å². The highest BCUT2D eigenvalue weighted by Crippen LogP contribution is 2.26. The van der Waals surface area contributed by atoms with Crippen molar-refractivity contribution in [1.82, 2.24) is 10.0 Å². The molecule has 0 unspecified atom stereocenters. The predicted molar refractivity (Wildman–Crippen MR) is 125 cm³/mol. The number of sulfone groups is 1. The van der Waals surface area contributed by atoms with Crippen LogP contribution in [-0.4, -0.2) is 35.1 Å². The highest BCUT2D eigenvalue weighted by Gasteiger charge is 2.43. The summed E-state index contributed by atoms with van der Waals surface area (Å²) < 4.78 is 43.8. The molecular formula is C24H25FN2O6S. The minimum Gasteiger partial charge on any atom is -0.489 e. The van der Waals surface area contributed by atoms with Crippen LogP contribution in [-0.2, 0) is 27.8 Å². The van der Waals surface area contributed by atoms with Gasteiger partial charge in [-0.15, -0.1) is 0 Å². The molecule has 1 amide bonds. The number of carbonyl (C=O) groups is 1. The number of hydrogen-bond acceptors (Lipinski definition) is 6. The quantitative estimate of drug-likeness (QED) is 0.354. The van der Waals surface area contributed by atoms with E-state index in [1.54, 1.807) is 6.07 Å². The molecule has 1 heterocycles. The van der Waals surface area contributed by atoms with Gasteiger partial charge in [-0.05, 0) is 42.7 Å². The molecule has 180 valence electrons. The Kier molecular flexibility index (Phi) is 7.53. The fourth-order valence-electron chi connectivity index (χ4n) is 3.34. The van der Waals surface area contributed by atoms with Crippen molar-refractivity contribution in [2.45, 2.75) is 31.2 Å². The molecule has 10 heteroatoms. The Balaban J connectivity index is 1.75. The number of hydroxylamine groups is 1. The van der Waals surface area contributed by atoms with E-state index in [9.17, 15) is 22.4 Å². The smallest absolute Gasteiger partial charge is 0.264 e. The number of ether oxygens (including phenoxy) is 1. The van der Waals surface area contributed by atoms with Gasteiger partial charge in [-0.25, -0.2) is 18.3 Å². The molecule has 0 aliphatic heterocycles. The molecule has 0 fully saturated rings. The number of hydrogen-bond donors (Lipinski definition) is 2. The molecule has 2 aromatic carbocycles. The van der Waals surface area contributed by atoms with Gasteiger partial charge in [-0.2, -0.15) is 0 Å². The first kappa shape index (κ1) is 25.1. The van der Waals surface area contributed by atoms with E-state index < -0.39 is 31.9 Å². The largest absolute Gasteiger partial charge is 0.489 e. The van der Waals surface area contributed by atoms with Crippen LogP contribution in [0.5, 0.6) is 5.75 Å². The molecule has 3 aromatic rings. The fourth-order valence-corrected chi connectivity index (χ4v) is 4.18. The Bertz CT molecular complexity index is 1340. The van der Waals surface area contributed by atoms with Crippen molar-refractivity contribution in [2.75, 3.05) is 6.26 Å². The third kappa shape index (κ3) is 5.52. The van der Waals surface area contributed by atoms with Crippen molar-refractivity contribution >= 4 is 15.7 Å². The SMILES string of the molecule is C[C@](CCn1ccc(-c2ccc(OCc3ccccc3)cc2F)cc1=O)(C(=O)NO)S(C)(=O)=O. The van der Waals surface area contributed by atoms with Crippen LogP contribution in [0, 0.1) is 5.82 Å². The van der Waals surface area contributed by atoms with Gasteiger partial charge >= 0.3 is 0 Å². The molecule has 0 saturated heterocycles. The zero-order valence-electron chi connectivity index (χ0n) is 18.7. The minimum absolute atomic E-state index is 0.106. The zero-order valence-corrected chi connectivity index (χ0v) is 19.5. The lowest BCUT2D eigenvalue weighted by molar-refractivity contribution is -0.131. The third-order valence-electron chi connectivity index (χ3n) is 5.73. The highest BCUT2D eigenvalue weighted by atomic mass is 32.2. The molecule has 0 radical (unpaired) electrons. The number of carbonyl (C=O) groups excluding carboxylic acids is 1. The van der Waals surface area contributed by atoms with Gasteiger partial charge in [-0.1, -0.05) is 30.3 Å². The van der Waals surface area contributed by atoms with Crippen LogP contribution in [0.2, 0.25) is 0 Å². The van der Waals surface area contributed by atoms with E-state index in [4.69, 9.17) is 9.94 Å². The van der Waals surface area contributed by atoms with Crippen molar-refractivity contribution in [3.63, 3.8) is 0 Å². The van der Waals surface area contributed by atoms with E-state index in [1.165, 1.54) is 47.4 Å². The van der Waals surface area contributed by atoms with Gasteiger partial charge in [0.1, 0.15) is 18.2 Å². The number of halogens is 1. The summed E-state index contributed by atoms with van der Waals surface area (Å²) >= 11 is 0. The Morgan fingerprint density at radius 3 is 2.44 bits per heavy atom. The van der Waals surface area contributed by atoms with Crippen molar-refractivity contribution in [1.29, 1.82) is 0 Å². The Morgan fingerprint density at radius 2 is 1.85 bits per heavy atom. The van der Waals surface area contributed by atoms with Crippen molar-refractivity contribution in [2.24, 2.45) is 0 Å². The molecule has 3 rings (SSSR count). The summed E-state index contributed by atoms with van der Waals surface area (Å²) in [5.74, 6) is -1.30. The van der Waals surface area contributed by atoms with Gasteiger partial charge < -0.3 is 9.30 Å². The van der Waals surface area contributed by atoms with Crippen LogP contribution >= 0.6 is 0 Å². The van der Waals surface area contributed by atoms with Crippen LogP contribution in [0.3, 0.4) is 0 Å². The Morgan fingerprint density at radius 1 is 1.15 bits per heavy atom. The maximum atomic E-state index is 14.7. The number of rotatable bonds is 9. The lowest BCUT2D eigenvalue weighted by Gasteiger charge is -2.25. The number of amides is 1. The van der Waals surface area contributed by atoms with Crippen molar-refractivity contribution in [3.05, 3.63) is 88.6 Å². The summed E-state index contributed by atoms with van der Waals surface area (Å²) in [6.07, 6.45) is 2.03. The monoisotopic (exact) mass is 488 g/mol. The second-order valence-corrected chi connectivity index (χ2v) is 10.5. The van der Waals surface area contributed by atoms with Crippen LogP contribution in [0.1, 0.15) is 18.9 Å². The van der Waals surface area contributed by atoms with Crippen LogP contribution in [0.4, 0.5) is 4.39 Å². The van der Waals surface area contributed by atoms with Crippen LogP contribution in [0.15, 0.2) is 71.7 Å². The molecule has 0 saturated carbocycles. The molecular weight excluding hydrogens is 463 g/mol. The molecule has 0 spiro atoms. The molecule has 1 aromatic heterocycles. The average Bonchev–Trinajstić information content (AvgIpc) is 2.81. The summed E-state index contributed by atoms with van der Waals surface area (Å²) in [7, 11) is -3.89. The minimum atomic E-state index is -3.89. The van der Waals surface area contributed by atoms with Gasteiger partial charge in [0.2, 0.25) is 0 Å². The first-order valence-electron chi connectivity index (χ1n) is 10.4. The molecule has 0 aliphatic rings. The van der Waals surface area contributed by atoms with Gasteiger partial charge in [0, 0.05) is 36.7 Å². The van der Waals surface area contributed by atoms with E-state index in [1.807, 2.05) is 30.3 Å². The van der Waals surface area contributed by atoms with Crippen molar-refractivity contribution in [3.8, 4) is 16.9 Å². The number of nitrogens with zero attached hydrogens (tertiary/aromatic N) is 1. The molecule has 8 nitrogen and oxygen atoms in total. The second-order valence-electron chi connectivity index (χ2n) is 8.06.